The van der Waals surface area contributed by atoms with Crippen LogP contribution in [-0.2, 0) is 19.3 Å². The molecule has 5 heteroatoms. The number of aryl methyl sites for hydroxylation is 5. The number of halogens is 1. The Balaban J connectivity index is 1.58. The highest BCUT2D eigenvalue weighted by atomic mass is 35.5. The molecule has 0 spiro atoms. The summed E-state index contributed by atoms with van der Waals surface area (Å²) >= 11 is 6.43. The van der Waals surface area contributed by atoms with Gasteiger partial charge in [0.25, 0.3) is 0 Å². The van der Waals surface area contributed by atoms with E-state index >= 15 is 0 Å². The second-order valence-corrected chi connectivity index (χ2v) is 6.93. The lowest BCUT2D eigenvalue weighted by Gasteiger charge is -2.09. The second kappa shape index (κ2) is 8.96. The minimum Gasteiger partial charge on any atom is -0.439 e. The Morgan fingerprint density at radius 1 is 0.963 bits per heavy atom. The Labute approximate surface area is 165 Å². The van der Waals surface area contributed by atoms with E-state index in [1.165, 1.54) is 5.56 Å². The Kier molecular flexibility index (Phi) is 6.40. The van der Waals surface area contributed by atoms with E-state index in [2.05, 4.69) is 34.0 Å². The van der Waals surface area contributed by atoms with Crippen LogP contribution >= 0.6 is 11.6 Å². The summed E-state index contributed by atoms with van der Waals surface area (Å²) in [6, 6.07) is 12.1. The zero-order chi connectivity index (χ0) is 19.2. The molecule has 0 bridgehead atoms. The molecular formula is C22H24ClN3O. The second-order valence-electron chi connectivity index (χ2n) is 6.56. The lowest BCUT2D eigenvalue weighted by atomic mass is 10.1. The number of rotatable bonds is 7. The molecule has 3 aromatic rings. The molecule has 2 heterocycles. The van der Waals surface area contributed by atoms with E-state index in [-0.39, 0.29) is 0 Å². The first-order valence-electron chi connectivity index (χ1n) is 9.27. The van der Waals surface area contributed by atoms with Crippen LogP contribution in [0, 0.1) is 13.8 Å². The highest BCUT2D eigenvalue weighted by Crippen LogP contribution is 2.24. The molecule has 4 nitrogen and oxygen atoms in total. The van der Waals surface area contributed by atoms with Crippen molar-refractivity contribution < 1.29 is 4.74 Å². The van der Waals surface area contributed by atoms with E-state index in [9.17, 15) is 0 Å². The Hall–Kier alpha value is -2.46. The quantitative estimate of drug-likeness (QED) is 0.528. The third-order valence-electron chi connectivity index (χ3n) is 4.41. The summed E-state index contributed by atoms with van der Waals surface area (Å²) in [6.45, 7) is 5.97. The fraction of sp³-hybridized carbons (Fsp3) is 0.318. The molecule has 0 N–H and O–H groups in total. The molecule has 0 saturated carbocycles. The van der Waals surface area contributed by atoms with Crippen LogP contribution in [0.1, 0.15) is 41.7 Å². The van der Waals surface area contributed by atoms with Gasteiger partial charge in [0, 0.05) is 11.8 Å². The number of hydrogen-bond acceptors (Lipinski definition) is 4. The molecule has 0 amide bonds. The highest BCUT2D eigenvalue weighted by molar-refractivity contribution is 6.31. The van der Waals surface area contributed by atoms with Gasteiger partial charge in [-0.3, -0.25) is 0 Å². The fourth-order valence-electron chi connectivity index (χ4n) is 2.95. The lowest BCUT2D eigenvalue weighted by molar-refractivity contribution is 0.458. The molecule has 0 unspecified atom stereocenters. The predicted molar refractivity (Wildman–Crippen MR) is 109 cm³/mol. The Bertz CT molecular complexity index is 910. The number of benzene rings is 1. The highest BCUT2D eigenvalue weighted by Gasteiger charge is 2.10. The molecule has 3 rings (SSSR count). The maximum Gasteiger partial charge on any atom is 0.222 e. The van der Waals surface area contributed by atoms with Crippen molar-refractivity contribution in [1.29, 1.82) is 0 Å². The van der Waals surface area contributed by atoms with Crippen LogP contribution in [0.15, 0.2) is 42.6 Å². The number of aromatic nitrogens is 3. The SMILES string of the molecule is CCc1nc(C)nc(CCCc2ccc(Oc3ncccc3C)cc2)c1Cl. The molecule has 140 valence electrons. The maximum absolute atomic E-state index is 6.43. The van der Waals surface area contributed by atoms with Gasteiger partial charge >= 0.3 is 0 Å². The molecule has 0 fully saturated rings. The molecule has 0 aliphatic heterocycles. The first-order chi connectivity index (χ1) is 13.1. The average molecular weight is 382 g/mol. The Morgan fingerprint density at radius 3 is 2.41 bits per heavy atom. The van der Waals surface area contributed by atoms with Gasteiger partial charge in [0.2, 0.25) is 5.88 Å². The summed E-state index contributed by atoms with van der Waals surface area (Å²) < 4.78 is 5.85. The molecule has 0 aliphatic carbocycles. The van der Waals surface area contributed by atoms with Gasteiger partial charge in [-0.1, -0.05) is 36.7 Å². The summed E-state index contributed by atoms with van der Waals surface area (Å²) in [5.41, 5.74) is 4.17. The van der Waals surface area contributed by atoms with Crippen LogP contribution in [0.5, 0.6) is 11.6 Å². The third-order valence-corrected chi connectivity index (χ3v) is 4.85. The van der Waals surface area contributed by atoms with Gasteiger partial charge in [0.15, 0.2) is 0 Å². The largest absolute Gasteiger partial charge is 0.439 e. The lowest BCUT2D eigenvalue weighted by Crippen LogP contribution is -2.03. The van der Waals surface area contributed by atoms with Crippen LogP contribution in [0.4, 0.5) is 0 Å². The van der Waals surface area contributed by atoms with Crippen molar-refractivity contribution in [2.24, 2.45) is 0 Å². The third kappa shape index (κ3) is 5.04. The van der Waals surface area contributed by atoms with Gasteiger partial charge in [0.05, 0.1) is 16.4 Å². The van der Waals surface area contributed by atoms with Crippen molar-refractivity contribution in [3.05, 3.63) is 76.0 Å². The molecule has 0 aliphatic rings. The van der Waals surface area contributed by atoms with Crippen molar-refractivity contribution in [2.75, 3.05) is 0 Å². The molecule has 27 heavy (non-hydrogen) atoms. The molecule has 1 aromatic carbocycles. The van der Waals surface area contributed by atoms with Gasteiger partial charge in [-0.25, -0.2) is 15.0 Å². The van der Waals surface area contributed by atoms with Crippen molar-refractivity contribution in [3.8, 4) is 11.6 Å². The minimum absolute atomic E-state index is 0.644. The van der Waals surface area contributed by atoms with E-state index in [1.54, 1.807) is 6.20 Å². The summed E-state index contributed by atoms with van der Waals surface area (Å²) in [5, 5.41) is 0.720. The van der Waals surface area contributed by atoms with Gasteiger partial charge in [0.1, 0.15) is 11.6 Å². The van der Waals surface area contributed by atoms with Crippen LogP contribution < -0.4 is 4.74 Å². The predicted octanol–water partition coefficient (Wildman–Crippen LogP) is 5.67. The van der Waals surface area contributed by atoms with Gasteiger partial charge < -0.3 is 4.74 Å². The normalized spacial score (nSPS) is 10.8. The van der Waals surface area contributed by atoms with Crippen molar-refractivity contribution in [3.63, 3.8) is 0 Å². The monoisotopic (exact) mass is 381 g/mol. The fourth-order valence-corrected chi connectivity index (χ4v) is 3.27. The van der Waals surface area contributed by atoms with Crippen LogP contribution in [-0.4, -0.2) is 15.0 Å². The molecule has 2 aromatic heterocycles. The topological polar surface area (TPSA) is 47.9 Å². The van der Waals surface area contributed by atoms with Crippen LogP contribution in [0.2, 0.25) is 5.02 Å². The zero-order valence-corrected chi connectivity index (χ0v) is 16.8. The minimum atomic E-state index is 0.644. The molecule has 0 atom stereocenters. The maximum atomic E-state index is 6.43. The first-order valence-corrected chi connectivity index (χ1v) is 9.65. The van der Waals surface area contributed by atoms with E-state index in [1.807, 2.05) is 38.1 Å². The summed E-state index contributed by atoms with van der Waals surface area (Å²) in [7, 11) is 0. The molecular weight excluding hydrogens is 358 g/mol. The van der Waals surface area contributed by atoms with E-state index in [0.29, 0.717) is 5.88 Å². The summed E-state index contributed by atoms with van der Waals surface area (Å²) in [4.78, 5) is 13.2. The Morgan fingerprint density at radius 2 is 1.70 bits per heavy atom. The van der Waals surface area contributed by atoms with Gasteiger partial charge in [-0.15, -0.1) is 0 Å². The number of pyridine rings is 1. The number of ether oxygens (including phenoxy) is 1. The number of nitrogens with zero attached hydrogens (tertiary/aromatic N) is 3. The van der Waals surface area contributed by atoms with Gasteiger partial charge in [-0.05, 0) is 63.3 Å². The molecule has 0 radical (unpaired) electrons. The van der Waals surface area contributed by atoms with Crippen LogP contribution in [0.25, 0.3) is 0 Å². The van der Waals surface area contributed by atoms with Crippen molar-refractivity contribution >= 4 is 11.6 Å². The standard InChI is InChI=1S/C22H24ClN3O/c1-4-19-21(23)20(26-16(3)25-19)9-5-8-17-10-12-18(13-11-17)27-22-15(2)7-6-14-24-22/h6-7,10-14H,4-5,8-9H2,1-3H3. The zero-order valence-electron chi connectivity index (χ0n) is 16.0. The summed E-state index contributed by atoms with van der Waals surface area (Å²) in [6.07, 6.45) is 5.36. The molecule has 0 saturated heterocycles. The van der Waals surface area contributed by atoms with Crippen LogP contribution in [0.3, 0.4) is 0 Å². The summed E-state index contributed by atoms with van der Waals surface area (Å²) in [5.74, 6) is 2.23. The van der Waals surface area contributed by atoms with E-state index in [4.69, 9.17) is 16.3 Å². The van der Waals surface area contributed by atoms with E-state index < -0.39 is 0 Å². The smallest absolute Gasteiger partial charge is 0.222 e. The van der Waals surface area contributed by atoms with Gasteiger partial charge in [-0.2, -0.15) is 0 Å². The van der Waals surface area contributed by atoms with Crippen molar-refractivity contribution in [2.45, 2.75) is 46.5 Å². The average Bonchev–Trinajstić information content (AvgIpc) is 2.67. The number of hydrogen-bond donors (Lipinski definition) is 0. The van der Waals surface area contributed by atoms with E-state index in [0.717, 1.165) is 59.2 Å². The first kappa shape index (κ1) is 19.3. The van der Waals surface area contributed by atoms with Crippen molar-refractivity contribution in [1.82, 2.24) is 15.0 Å².